The van der Waals surface area contributed by atoms with Gasteiger partial charge in [-0.15, -0.1) is 0 Å². The number of halogens is 6. The molecule has 0 bridgehead atoms. The van der Waals surface area contributed by atoms with Crippen LogP contribution in [0, 0.1) is 0 Å². The summed E-state index contributed by atoms with van der Waals surface area (Å²) in [5.41, 5.74) is -2.09. The van der Waals surface area contributed by atoms with Crippen LogP contribution in [0.4, 0.5) is 26.3 Å². The van der Waals surface area contributed by atoms with E-state index in [2.05, 4.69) is 0 Å². The average molecular weight is 332 g/mol. The zero-order valence-electron chi connectivity index (χ0n) is 11.5. The summed E-state index contributed by atoms with van der Waals surface area (Å²) in [6, 6.07) is 7.40. The monoisotopic (exact) mass is 332 g/mol. The van der Waals surface area contributed by atoms with Crippen molar-refractivity contribution in [3.63, 3.8) is 0 Å². The molecule has 0 fully saturated rings. The molecule has 0 saturated carbocycles. The Balaban J connectivity index is 2.46. The normalized spacial score (nSPS) is 12.3. The lowest BCUT2D eigenvalue weighted by Gasteiger charge is -2.14. The van der Waals surface area contributed by atoms with Crippen molar-refractivity contribution in [2.75, 3.05) is 0 Å². The molecule has 23 heavy (non-hydrogen) atoms. The Kier molecular flexibility index (Phi) is 4.49. The fourth-order valence-corrected chi connectivity index (χ4v) is 2.13. The minimum absolute atomic E-state index is 0.0886. The van der Waals surface area contributed by atoms with E-state index in [1.165, 1.54) is 24.3 Å². The van der Waals surface area contributed by atoms with Gasteiger partial charge in [-0.25, -0.2) is 0 Å². The third kappa shape index (κ3) is 4.34. The predicted octanol–water partition coefficient (Wildman–Crippen LogP) is 5.13. The maximum Gasteiger partial charge on any atom is 0.416 e. The van der Waals surface area contributed by atoms with Gasteiger partial charge < -0.3 is 0 Å². The van der Waals surface area contributed by atoms with Crippen molar-refractivity contribution in [2.24, 2.45) is 0 Å². The molecule has 0 radical (unpaired) electrons. The van der Waals surface area contributed by atoms with E-state index < -0.39 is 23.5 Å². The van der Waals surface area contributed by atoms with Crippen molar-refractivity contribution in [1.29, 1.82) is 0 Å². The molecule has 0 spiro atoms. The summed E-state index contributed by atoms with van der Waals surface area (Å²) in [5, 5.41) is 0. The quantitative estimate of drug-likeness (QED) is 0.563. The Morgan fingerprint density at radius 1 is 0.783 bits per heavy atom. The van der Waals surface area contributed by atoms with E-state index in [-0.39, 0.29) is 18.1 Å². The molecule has 0 unspecified atom stereocenters. The van der Waals surface area contributed by atoms with Crippen molar-refractivity contribution in [3.05, 3.63) is 70.3 Å². The lowest BCUT2D eigenvalue weighted by molar-refractivity contribution is -0.143. The van der Waals surface area contributed by atoms with Crippen LogP contribution in [0.1, 0.15) is 32.6 Å². The van der Waals surface area contributed by atoms with Crippen molar-refractivity contribution in [3.8, 4) is 0 Å². The highest BCUT2D eigenvalue weighted by molar-refractivity contribution is 5.75. The fourth-order valence-electron chi connectivity index (χ4n) is 2.13. The first-order chi connectivity index (χ1) is 10.6. The van der Waals surface area contributed by atoms with Gasteiger partial charge in [0.15, 0.2) is 0 Å². The topological polar surface area (TPSA) is 17.1 Å². The van der Waals surface area contributed by atoms with Crippen LogP contribution >= 0.6 is 0 Å². The molecule has 0 heterocycles. The van der Waals surface area contributed by atoms with Gasteiger partial charge in [0, 0.05) is 5.56 Å². The van der Waals surface area contributed by atoms with Crippen LogP contribution < -0.4 is 0 Å². The third-order valence-electron chi connectivity index (χ3n) is 3.14. The fraction of sp³-hybridized carbons (Fsp3) is 0.188. The van der Waals surface area contributed by atoms with Crippen LogP contribution in [0.2, 0.25) is 0 Å². The first-order valence-corrected chi connectivity index (χ1v) is 6.42. The smallest absolute Gasteiger partial charge is 0.298 e. The van der Waals surface area contributed by atoms with Gasteiger partial charge in [-0.3, -0.25) is 4.79 Å². The Bertz CT molecular complexity index is 683. The van der Waals surface area contributed by atoms with E-state index in [1.54, 1.807) is 0 Å². The molecule has 2 aromatic rings. The molecule has 7 heteroatoms. The molecular weight excluding hydrogens is 322 g/mol. The van der Waals surface area contributed by atoms with E-state index in [0.717, 1.165) is 0 Å². The van der Waals surface area contributed by atoms with Gasteiger partial charge >= 0.3 is 12.4 Å². The Labute approximate surface area is 127 Å². The molecule has 2 aromatic carbocycles. The maximum absolute atomic E-state index is 12.8. The van der Waals surface area contributed by atoms with E-state index in [0.29, 0.717) is 29.5 Å². The molecule has 122 valence electrons. The number of benzene rings is 2. The molecule has 0 N–H and O–H groups in total. The zero-order chi connectivity index (χ0) is 17.3. The number of aldehydes is 1. The molecule has 1 nitrogen and oxygen atoms in total. The second-order valence-electron chi connectivity index (χ2n) is 4.95. The van der Waals surface area contributed by atoms with Gasteiger partial charge in [-0.1, -0.05) is 18.2 Å². The number of hydrogen-bond donors (Lipinski definition) is 0. The highest BCUT2D eigenvalue weighted by Gasteiger charge is 2.36. The number of rotatable bonds is 3. The summed E-state index contributed by atoms with van der Waals surface area (Å²) in [6.45, 7) is 0. The number of carbonyl (C=O) groups excluding carboxylic acids is 1. The second-order valence-corrected chi connectivity index (χ2v) is 4.95. The van der Waals surface area contributed by atoms with Crippen molar-refractivity contribution in [1.82, 2.24) is 0 Å². The molecule has 2 rings (SSSR count). The van der Waals surface area contributed by atoms with Crippen molar-refractivity contribution >= 4 is 6.29 Å². The lowest BCUT2D eigenvalue weighted by Crippen LogP contribution is -2.12. The summed E-state index contributed by atoms with van der Waals surface area (Å²) in [4.78, 5) is 10.7. The average Bonchev–Trinajstić information content (AvgIpc) is 2.45. The van der Waals surface area contributed by atoms with Crippen molar-refractivity contribution in [2.45, 2.75) is 18.8 Å². The van der Waals surface area contributed by atoms with E-state index in [1.807, 2.05) is 0 Å². The van der Waals surface area contributed by atoms with Gasteiger partial charge in [-0.05, 0) is 41.8 Å². The first kappa shape index (κ1) is 17.1. The predicted molar refractivity (Wildman–Crippen MR) is 71.1 cm³/mol. The van der Waals surface area contributed by atoms with Gasteiger partial charge in [0.1, 0.15) is 6.29 Å². The standard InChI is InChI=1S/C16H10F6O/c17-15(18,19)13-6-12(7-14(8-13)16(20,21)22)5-10-2-1-3-11(4-10)9-23/h1-4,6-9H,5H2. The highest BCUT2D eigenvalue weighted by atomic mass is 19.4. The van der Waals surface area contributed by atoms with Crippen LogP contribution in [0.15, 0.2) is 42.5 Å². The SMILES string of the molecule is O=Cc1cccc(Cc2cc(C(F)(F)F)cc(C(F)(F)F)c2)c1. The lowest BCUT2D eigenvalue weighted by atomic mass is 9.98. The van der Waals surface area contributed by atoms with Crippen LogP contribution in [0.3, 0.4) is 0 Å². The molecule has 0 aromatic heterocycles. The maximum atomic E-state index is 12.8. The molecular formula is C16H10F6O. The number of carbonyl (C=O) groups is 1. The Morgan fingerprint density at radius 3 is 1.83 bits per heavy atom. The molecule has 0 saturated heterocycles. The number of hydrogen-bond acceptors (Lipinski definition) is 1. The first-order valence-electron chi connectivity index (χ1n) is 6.42. The summed E-state index contributed by atoms with van der Waals surface area (Å²) in [6.07, 6.45) is -9.34. The second kappa shape index (κ2) is 6.06. The van der Waals surface area contributed by atoms with Crippen LogP contribution in [-0.4, -0.2) is 6.29 Å². The van der Waals surface area contributed by atoms with E-state index in [4.69, 9.17) is 0 Å². The largest absolute Gasteiger partial charge is 0.416 e. The molecule has 0 amide bonds. The number of alkyl halides is 6. The molecule has 0 aliphatic carbocycles. The zero-order valence-corrected chi connectivity index (χ0v) is 11.5. The minimum Gasteiger partial charge on any atom is -0.298 e. The van der Waals surface area contributed by atoms with Crippen molar-refractivity contribution < 1.29 is 31.1 Å². The summed E-state index contributed by atoms with van der Waals surface area (Å²) in [5.74, 6) is 0. The van der Waals surface area contributed by atoms with E-state index >= 15 is 0 Å². The third-order valence-corrected chi connectivity index (χ3v) is 3.14. The highest BCUT2D eigenvalue weighted by Crippen LogP contribution is 2.36. The summed E-state index contributed by atoms with van der Waals surface area (Å²) in [7, 11) is 0. The summed E-state index contributed by atoms with van der Waals surface area (Å²) < 4.78 is 76.7. The minimum atomic E-state index is -4.87. The van der Waals surface area contributed by atoms with Crippen LogP contribution in [0.25, 0.3) is 0 Å². The van der Waals surface area contributed by atoms with Gasteiger partial charge in [-0.2, -0.15) is 26.3 Å². The van der Waals surface area contributed by atoms with Gasteiger partial charge in [0.05, 0.1) is 11.1 Å². The Morgan fingerprint density at radius 2 is 1.35 bits per heavy atom. The summed E-state index contributed by atoms with van der Waals surface area (Å²) >= 11 is 0. The van der Waals surface area contributed by atoms with Crippen LogP contribution in [0.5, 0.6) is 0 Å². The molecule has 0 aliphatic heterocycles. The van der Waals surface area contributed by atoms with E-state index in [9.17, 15) is 31.1 Å². The van der Waals surface area contributed by atoms with Crippen LogP contribution in [-0.2, 0) is 18.8 Å². The van der Waals surface area contributed by atoms with Gasteiger partial charge in [0.25, 0.3) is 0 Å². The molecule has 0 atom stereocenters. The van der Waals surface area contributed by atoms with Gasteiger partial charge in [0.2, 0.25) is 0 Å². The molecule has 0 aliphatic rings. The Hall–Kier alpha value is -2.31.